The van der Waals surface area contributed by atoms with Gasteiger partial charge in [-0.2, -0.15) is 0 Å². The first-order valence-corrected chi connectivity index (χ1v) is 10.4. The number of halogens is 2. The van der Waals surface area contributed by atoms with E-state index in [0.29, 0.717) is 27.1 Å². The van der Waals surface area contributed by atoms with Crippen LogP contribution >= 0.6 is 35.4 Å². The van der Waals surface area contributed by atoms with Gasteiger partial charge in [-0.3, -0.25) is 9.47 Å². The number of benzene rings is 2. The van der Waals surface area contributed by atoms with Crippen LogP contribution in [-0.2, 0) is 11.3 Å². The molecule has 1 N–H and O–H groups in total. The number of hydrogen-bond acceptors (Lipinski definition) is 4. The molecule has 2 aromatic heterocycles. The SMILES string of the molecule is COc1ccccc1-c1nn(CC(=O)Nc2cccc(Cl)c2Cl)c(=S)n1-n1cccc1. The highest BCUT2D eigenvalue weighted by atomic mass is 35.5. The molecule has 10 heteroatoms. The fourth-order valence-electron chi connectivity index (χ4n) is 3.09. The summed E-state index contributed by atoms with van der Waals surface area (Å²) in [6, 6.07) is 16.2. The second-order valence-corrected chi connectivity index (χ2v) is 7.64. The van der Waals surface area contributed by atoms with Crippen molar-refractivity contribution in [1.82, 2.24) is 19.1 Å². The van der Waals surface area contributed by atoms with Crippen molar-refractivity contribution in [3.63, 3.8) is 0 Å². The zero-order valence-electron chi connectivity index (χ0n) is 16.3. The summed E-state index contributed by atoms with van der Waals surface area (Å²) in [5.41, 5.74) is 1.15. The summed E-state index contributed by atoms with van der Waals surface area (Å²) in [4.78, 5) is 12.7. The Morgan fingerprint density at radius 3 is 2.58 bits per heavy atom. The van der Waals surface area contributed by atoms with E-state index in [1.165, 1.54) is 4.68 Å². The van der Waals surface area contributed by atoms with Crippen molar-refractivity contribution in [2.75, 3.05) is 12.4 Å². The smallest absolute Gasteiger partial charge is 0.246 e. The van der Waals surface area contributed by atoms with Crippen LogP contribution in [0.2, 0.25) is 10.0 Å². The number of carbonyl (C=O) groups excluding carboxylic acids is 1. The molecule has 2 aromatic carbocycles. The van der Waals surface area contributed by atoms with Crippen LogP contribution in [0.5, 0.6) is 5.75 Å². The molecule has 0 saturated heterocycles. The van der Waals surface area contributed by atoms with E-state index in [2.05, 4.69) is 10.4 Å². The number of hydrogen-bond donors (Lipinski definition) is 1. The van der Waals surface area contributed by atoms with E-state index < -0.39 is 0 Å². The molecule has 0 aliphatic carbocycles. The lowest BCUT2D eigenvalue weighted by Crippen LogP contribution is -2.20. The molecule has 0 radical (unpaired) electrons. The molecule has 0 fully saturated rings. The first-order chi connectivity index (χ1) is 15.0. The molecule has 2 heterocycles. The average Bonchev–Trinajstić information content (AvgIpc) is 3.39. The van der Waals surface area contributed by atoms with Crippen molar-refractivity contribution in [3.05, 3.63) is 81.8 Å². The predicted molar refractivity (Wildman–Crippen MR) is 123 cm³/mol. The fraction of sp³-hybridized carbons (Fsp3) is 0.0952. The lowest BCUT2D eigenvalue weighted by atomic mass is 10.2. The molecule has 158 valence electrons. The lowest BCUT2D eigenvalue weighted by Gasteiger charge is -2.10. The number of methoxy groups -OCH3 is 1. The highest BCUT2D eigenvalue weighted by Crippen LogP contribution is 2.30. The van der Waals surface area contributed by atoms with Gasteiger partial charge in [-0.1, -0.05) is 41.4 Å². The van der Waals surface area contributed by atoms with E-state index in [9.17, 15) is 4.79 Å². The minimum Gasteiger partial charge on any atom is -0.496 e. The highest BCUT2D eigenvalue weighted by Gasteiger charge is 2.19. The maximum atomic E-state index is 12.7. The maximum absolute atomic E-state index is 12.7. The summed E-state index contributed by atoms with van der Waals surface area (Å²) in [6.45, 7) is -0.113. The lowest BCUT2D eigenvalue weighted by molar-refractivity contribution is -0.116. The summed E-state index contributed by atoms with van der Waals surface area (Å²) >= 11 is 17.8. The van der Waals surface area contributed by atoms with Gasteiger partial charge < -0.3 is 10.1 Å². The number of ether oxygens (including phenoxy) is 1. The zero-order chi connectivity index (χ0) is 22.0. The number of nitrogens with zero attached hydrogens (tertiary/aromatic N) is 4. The second kappa shape index (κ2) is 8.97. The molecular weight excluding hydrogens is 457 g/mol. The van der Waals surface area contributed by atoms with E-state index in [1.807, 2.05) is 48.8 Å². The topological polar surface area (TPSA) is 66.0 Å². The van der Waals surface area contributed by atoms with Gasteiger partial charge in [0, 0.05) is 12.4 Å². The Morgan fingerprint density at radius 2 is 1.84 bits per heavy atom. The van der Waals surface area contributed by atoms with Crippen molar-refractivity contribution < 1.29 is 9.53 Å². The standard InChI is InChI=1S/C21H17Cl2N5O2S/c1-30-17-10-3-2-7-14(17)20-25-27(21(31)28(20)26-11-4-5-12-26)13-18(29)24-16-9-6-8-15(22)19(16)23/h2-12H,13H2,1H3,(H,24,29). The van der Waals surface area contributed by atoms with Crippen LogP contribution in [0.3, 0.4) is 0 Å². The summed E-state index contributed by atoms with van der Waals surface area (Å²) in [5.74, 6) is 0.828. The summed E-state index contributed by atoms with van der Waals surface area (Å²) in [5, 5.41) is 8.00. The third-order valence-corrected chi connectivity index (χ3v) is 5.71. The van der Waals surface area contributed by atoms with Gasteiger partial charge in [0.2, 0.25) is 10.7 Å². The van der Waals surface area contributed by atoms with Gasteiger partial charge >= 0.3 is 0 Å². The third-order valence-electron chi connectivity index (χ3n) is 4.50. The fourth-order valence-corrected chi connectivity index (χ4v) is 3.73. The molecule has 4 aromatic rings. The van der Waals surface area contributed by atoms with Crippen molar-refractivity contribution in [2.24, 2.45) is 0 Å². The second-order valence-electron chi connectivity index (χ2n) is 6.49. The van der Waals surface area contributed by atoms with E-state index >= 15 is 0 Å². The van der Waals surface area contributed by atoms with E-state index in [0.717, 1.165) is 5.56 Å². The average molecular weight is 474 g/mol. The van der Waals surface area contributed by atoms with Crippen molar-refractivity contribution in [3.8, 4) is 17.1 Å². The normalized spacial score (nSPS) is 10.8. The minimum absolute atomic E-state index is 0.113. The number of amides is 1. The van der Waals surface area contributed by atoms with Gasteiger partial charge in [-0.15, -0.1) is 5.10 Å². The molecule has 1 amide bonds. The van der Waals surface area contributed by atoms with Gasteiger partial charge in [-0.25, -0.2) is 9.36 Å². The zero-order valence-corrected chi connectivity index (χ0v) is 18.7. The first-order valence-electron chi connectivity index (χ1n) is 9.20. The van der Waals surface area contributed by atoms with Crippen LogP contribution in [0, 0.1) is 4.77 Å². The van der Waals surface area contributed by atoms with E-state index in [1.54, 1.807) is 34.7 Å². The predicted octanol–water partition coefficient (Wildman–Crippen LogP) is 5.15. The van der Waals surface area contributed by atoms with E-state index in [-0.39, 0.29) is 17.5 Å². The monoisotopic (exact) mass is 473 g/mol. The van der Waals surface area contributed by atoms with Crippen LogP contribution < -0.4 is 10.1 Å². The Kier molecular flexibility index (Phi) is 6.13. The van der Waals surface area contributed by atoms with Crippen LogP contribution in [-0.4, -0.2) is 32.1 Å². The first kappa shape index (κ1) is 21.2. The molecule has 0 spiro atoms. The van der Waals surface area contributed by atoms with Crippen molar-refractivity contribution in [2.45, 2.75) is 6.54 Å². The molecule has 0 unspecified atom stereocenters. The summed E-state index contributed by atoms with van der Waals surface area (Å²) in [7, 11) is 1.59. The van der Waals surface area contributed by atoms with Crippen LogP contribution in [0.4, 0.5) is 5.69 Å². The Labute approximate surface area is 193 Å². The van der Waals surface area contributed by atoms with Crippen LogP contribution in [0.15, 0.2) is 67.0 Å². The minimum atomic E-state index is -0.344. The van der Waals surface area contributed by atoms with Gasteiger partial charge in [0.25, 0.3) is 0 Å². The Morgan fingerprint density at radius 1 is 1.10 bits per heavy atom. The Balaban J connectivity index is 1.73. The van der Waals surface area contributed by atoms with Gasteiger partial charge in [-0.05, 0) is 48.6 Å². The van der Waals surface area contributed by atoms with Crippen LogP contribution in [0.25, 0.3) is 11.4 Å². The number of aromatic nitrogens is 4. The molecule has 7 nitrogen and oxygen atoms in total. The Bertz CT molecular complexity index is 1300. The number of rotatable bonds is 6. The number of para-hydroxylation sites is 1. The molecule has 0 aliphatic heterocycles. The van der Waals surface area contributed by atoms with Gasteiger partial charge in [0.1, 0.15) is 12.3 Å². The largest absolute Gasteiger partial charge is 0.496 e. The molecule has 0 bridgehead atoms. The molecule has 4 rings (SSSR count). The van der Waals surface area contributed by atoms with E-state index in [4.69, 9.17) is 40.2 Å². The molecule has 0 aliphatic rings. The van der Waals surface area contributed by atoms with Crippen molar-refractivity contribution in [1.29, 1.82) is 0 Å². The Hall–Kier alpha value is -3.07. The highest BCUT2D eigenvalue weighted by molar-refractivity contribution is 7.71. The quantitative estimate of drug-likeness (QED) is 0.393. The summed E-state index contributed by atoms with van der Waals surface area (Å²) < 4.78 is 10.8. The number of nitrogens with one attached hydrogen (secondary N) is 1. The molecule has 0 atom stereocenters. The maximum Gasteiger partial charge on any atom is 0.246 e. The van der Waals surface area contributed by atoms with Crippen LogP contribution in [0.1, 0.15) is 0 Å². The molecule has 0 saturated carbocycles. The third kappa shape index (κ3) is 4.23. The van der Waals surface area contributed by atoms with Gasteiger partial charge in [0.15, 0.2) is 5.82 Å². The number of carbonyl (C=O) groups is 1. The summed E-state index contributed by atoms with van der Waals surface area (Å²) in [6.07, 6.45) is 3.68. The van der Waals surface area contributed by atoms with Crippen molar-refractivity contribution >= 4 is 47.0 Å². The number of anilines is 1. The molecular formula is C21H17Cl2N5O2S. The van der Waals surface area contributed by atoms with Gasteiger partial charge in [0.05, 0.1) is 28.4 Å². The molecule has 31 heavy (non-hydrogen) atoms.